The molecule has 0 saturated heterocycles. The first-order valence-corrected chi connectivity index (χ1v) is 9.19. The summed E-state index contributed by atoms with van der Waals surface area (Å²) in [5, 5.41) is 3.79. The Morgan fingerprint density at radius 3 is 2.30 bits per heavy atom. The van der Waals surface area contributed by atoms with E-state index in [1.54, 1.807) is 0 Å². The van der Waals surface area contributed by atoms with Gasteiger partial charge in [0.15, 0.2) is 0 Å². The van der Waals surface area contributed by atoms with Gasteiger partial charge in [-0.05, 0) is 51.0 Å². The van der Waals surface area contributed by atoms with Crippen LogP contribution in [0.4, 0.5) is 0 Å². The van der Waals surface area contributed by atoms with E-state index in [0.29, 0.717) is 0 Å². The van der Waals surface area contributed by atoms with Gasteiger partial charge in [-0.15, -0.1) is 0 Å². The number of hydrogen-bond acceptors (Lipinski definition) is 2. The molecule has 0 bridgehead atoms. The number of rotatable bonds is 10. The highest BCUT2D eigenvalue weighted by Crippen LogP contribution is 2.27. The summed E-state index contributed by atoms with van der Waals surface area (Å²) < 4.78 is 0. The summed E-state index contributed by atoms with van der Waals surface area (Å²) in [6, 6.07) is 2.51. The molecular weight excluding hydrogens is 244 g/mol. The van der Waals surface area contributed by atoms with Gasteiger partial charge >= 0.3 is 0 Å². The van der Waals surface area contributed by atoms with Gasteiger partial charge in [-0.1, -0.05) is 40.0 Å². The largest absolute Gasteiger partial charge is 0.312 e. The summed E-state index contributed by atoms with van der Waals surface area (Å²) in [5.41, 5.74) is 0. The van der Waals surface area contributed by atoms with Crippen LogP contribution in [0.2, 0.25) is 0 Å². The minimum atomic E-state index is 0.780. The Kier molecular flexibility index (Phi) is 6.83. The highest BCUT2D eigenvalue weighted by atomic mass is 15.2. The van der Waals surface area contributed by atoms with Crippen molar-refractivity contribution < 1.29 is 0 Å². The monoisotopic (exact) mass is 280 g/mol. The topological polar surface area (TPSA) is 15.3 Å². The SMILES string of the molecule is CCCC(CNC1CC1)N(CCC(C)C)C1CCCC1. The van der Waals surface area contributed by atoms with Crippen molar-refractivity contribution in [1.82, 2.24) is 10.2 Å². The predicted molar refractivity (Wildman–Crippen MR) is 88.1 cm³/mol. The fourth-order valence-corrected chi connectivity index (χ4v) is 3.61. The molecule has 0 aromatic carbocycles. The van der Waals surface area contributed by atoms with Gasteiger partial charge in [0, 0.05) is 24.7 Å². The zero-order valence-corrected chi connectivity index (χ0v) is 14.0. The van der Waals surface area contributed by atoms with Crippen molar-refractivity contribution in [2.24, 2.45) is 5.92 Å². The molecule has 0 amide bonds. The smallest absolute Gasteiger partial charge is 0.0223 e. The van der Waals surface area contributed by atoms with Crippen LogP contribution in [0.3, 0.4) is 0 Å². The average Bonchev–Trinajstić information content (AvgIpc) is 3.09. The second-order valence-corrected chi connectivity index (χ2v) is 7.48. The lowest BCUT2D eigenvalue weighted by atomic mass is 10.0. The van der Waals surface area contributed by atoms with Crippen molar-refractivity contribution >= 4 is 0 Å². The fraction of sp³-hybridized carbons (Fsp3) is 1.00. The zero-order chi connectivity index (χ0) is 14.4. The molecule has 20 heavy (non-hydrogen) atoms. The highest BCUT2D eigenvalue weighted by Gasteiger charge is 2.29. The van der Waals surface area contributed by atoms with Crippen LogP contribution in [-0.4, -0.2) is 36.1 Å². The van der Waals surface area contributed by atoms with Crippen molar-refractivity contribution in [1.29, 1.82) is 0 Å². The molecule has 0 spiro atoms. The van der Waals surface area contributed by atoms with Crippen LogP contribution >= 0.6 is 0 Å². The molecular formula is C18H36N2. The molecule has 1 unspecified atom stereocenters. The Balaban J connectivity index is 1.90. The lowest BCUT2D eigenvalue weighted by Gasteiger charge is -2.37. The summed E-state index contributed by atoms with van der Waals surface area (Å²) in [5.74, 6) is 0.831. The first-order chi connectivity index (χ1) is 9.70. The third kappa shape index (κ3) is 5.37. The lowest BCUT2D eigenvalue weighted by molar-refractivity contribution is 0.118. The van der Waals surface area contributed by atoms with E-state index in [4.69, 9.17) is 0 Å². The molecule has 2 aliphatic carbocycles. The second kappa shape index (κ2) is 8.38. The minimum absolute atomic E-state index is 0.780. The number of nitrogens with zero attached hydrogens (tertiary/aromatic N) is 1. The number of hydrogen-bond donors (Lipinski definition) is 1. The Bertz CT molecular complexity index is 254. The van der Waals surface area contributed by atoms with E-state index in [1.807, 2.05) is 0 Å². The Hall–Kier alpha value is -0.0800. The summed E-state index contributed by atoms with van der Waals surface area (Å²) >= 11 is 0. The molecule has 0 heterocycles. The molecule has 2 aliphatic rings. The van der Waals surface area contributed by atoms with Crippen LogP contribution in [-0.2, 0) is 0 Å². The van der Waals surface area contributed by atoms with E-state index in [2.05, 4.69) is 31.0 Å². The molecule has 0 aliphatic heterocycles. The average molecular weight is 280 g/mol. The maximum atomic E-state index is 3.79. The van der Waals surface area contributed by atoms with Gasteiger partial charge in [0.2, 0.25) is 0 Å². The Morgan fingerprint density at radius 2 is 1.75 bits per heavy atom. The van der Waals surface area contributed by atoms with E-state index < -0.39 is 0 Å². The predicted octanol–water partition coefficient (Wildman–Crippen LogP) is 4.20. The summed E-state index contributed by atoms with van der Waals surface area (Å²) in [6.45, 7) is 9.63. The van der Waals surface area contributed by atoms with E-state index in [0.717, 1.165) is 24.0 Å². The molecule has 2 rings (SSSR count). The van der Waals surface area contributed by atoms with Crippen LogP contribution in [0, 0.1) is 5.92 Å². The number of nitrogens with one attached hydrogen (secondary N) is 1. The molecule has 0 aromatic heterocycles. The summed E-state index contributed by atoms with van der Waals surface area (Å²) in [6.07, 6.45) is 12.7. The van der Waals surface area contributed by atoms with Crippen molar-refractivity contribution in [3.63, 3.8) is 0 Å². The van der Waals surface area contributed by atoms with Crippen molar-refractivity contribution in [2.75, 3.05) is 13.1 Å². The van der Waals surface area contributed by atoms with Gasteiger partial charge in [0.25, 0.3) is 0 Å². The Labute approximate surface area is 126 Å². The first kappa shape index (κ1) is 16.3. The summed E-state index contributed by atoms with van der Waals surface area (Å²) in [7, 11) is 0. The zero-order valence-electron chi connectivity index (χ0n) is 14.0. The molecule has 2 fully saturated rings. The molecule has 1 atom stereocenters. The molecule has 2 nitrogen and oxygen atoms in total. The van der Waals surface area contributed by atoms with Crippen molar-refractivity contribution in [3.05, 3.63) is 0 Å². The lowest BCUT2D eigenvalue weighted by Crippen LogP contribution is -2.48. The quantitative estimate of drug-likeness (QED) is 0.645. The van der Waals surface area contributed by atoms with Crippen LogP contribution < -0.4 is 5.32 Å². The van der Waals surface area contributed by atoms with E-state index in [9.17, 15) is 0 Å². The molecule has 0 radical (unpaired) electrons. The van der Waals surface area contributed by atoms with Crippen molar-refractivity contribution in [2.45, 2.75) is 96.7 Å². The van der Waals surface area contributed by atoms with Gasteiger partial charge in [-0.2, -0.15) is 0 Å². The van der Waals surface area contributed by atoms with Gasteiger partial charge in [0.1, 0.15) is 0 Å². The van der Waals surface area contributed by atoms with E-state index in [-0.39, 0.29) is 0 Å². The van der Waals surface area contributed by atoms with Gasteiger partial charge < -0.3 is 5.32 Å². The minimum Gasteiger partial charge on any atom is -0.312 e. The normalized spacial score (nSPS) is 22.1. The second-order valence-electron chi connectivity index (χ2n) is 7.48. The maximum absolute atomic E-state index is 3.79. The molecule has 118 valence electrons. The van der Waals surface area contributed by atoms with Crippen LogP contribution in [0.5, 0.6) is 0 Å². The third-order valence-corrected chi connectivity index (χ3v) is 5.07. The van der Waals surface area contributed by atoms with Crippen molar-refractivity contribution in [3.8, 4) is 0 Å². The first-order valence-electron chi connectivity index (χ1n) is 9.19. The standard InChI is InChI=1S/C18H36N2/c1-4-7-18(14-19-16-10-11-16)20(13-12-15(2)3)17-8-5-6-9-17/h15-19H,4-14H2,1-3H3. The molecule has 1 N–H and O–H groups in total. The molecule has 2 heteroatoms. The maximum Gasteiger partial charge on any atom is 0.0223 e. The fourth-order valence-electron chi connectivity index (χ4n) is 3.61. The third-order valence-electron chi connectivity index (χ3n) is 5.07. The van der Waals surface area contributed by atoms with Gasteiger partial charge in [0.05, 0.1) is 0 Å². The van der Waals surface area contributed by atoms with Gasteiger partial charge in [-0.25, -0.2) is 0 Å². The van der Waals surface area contributed by atoms with Crippen LogP contribution in [0.25, 0.3) is 0 Å². The molecule has 2 saturated carbocycles. The van der Waals surface area contributed by atoms with Crippen LogP contribution in [0.15, 0.2) is 0 Å². The van der Waals surface area contributed by atoms with E-state index >= 15 is 0 Å². The summed E-state index contributed by atoms with van der Waals surface area (Å²) in [4.78, 5) is 2.89. The Morgan fingerprint density at radius 1 is 1.05 bits per heavy atom. The van der Waals surface area contributed by atoms with E-state index in [1.165, 1.54) is 70.9 Å². The van der Waals surface area contributed by atoms with Gasteiger partial charge in [-0.3, -0.25) is 4.90 Å². The highest BCUT2D eigenvalue weighted by molar-refractivity contribution is 4.87. The molecule has 0 aromatic rings. The van der Waals surface area contributed by atoms with Crippen LogP contribution in [0.1, 0.15) is 78.6 Å².